The van der Waals surface area contributed by atoms with Gasteiger partial charge < -0.3 is 14.6 Å². The summed E-state index contributed by atoms with van der Waals surface area (Å²) in [7, 11) is 0. The summed E-state index contributed by atoms with van der Waals surface area (Å²) in [6, 6.07) is 0. The van der Waals surface area contributed by atoms with E-state index in [-0.39, 0.29) is 52.7 Å². The van der Waals surface area contributed by atoms with Crippen LogP contribution in [0.15, 0.2) is 12.2 Å². The van der Waals surface area contributed by atoms with E-state index in [4.69, 9.17) is 9.47 Å². The molecule has 5 aliphatic carbocycles. The molecule has 0 spiro atoms. The van der Waals surface area contributed by atoms with Gasteiger partial charge in [0, 0.05) is 19.3 Å². The fraction of sp³-hybridized carbons (Fsp3) is 0.857. The van der Waals surface area contributed by atoms with Crippen LogP contribution in [0.25, 0.3) is 0 Å². The van der Waals surface area contributed by atoms with Crippen LogP contribution in [0.3, 0.4) is 0 Å². The first-order valence-corrected chi connectivity index (χ1v) is 16.3. The fourth-order valence-electron chi connectivity index (χ4n) is 12.3. The molecule has 0 radical (unpaired) electrons. The van der Waals surface area contributed by atoms with Gasteiger partial charge in [-0.25, -0.2) is 0 Å². The predicted octanol–water partition coefficient (Wildman–Crippen LogP) is 7.59. The van der Waals surface area contributed by atoms with Gasteiger partial charge in [0.15, 0.2) is 0 Å². The number of carbonyl (C=O) groups is 3. The normalized spacial score (nSPS) is 48.6. The van der Waals surface area contributed by atoms with Crippen LogP contribution in [0, 0.1) is 56.7 Å². The van der Waals surface area contributed by atoms with E-state index in [1.807, 2.05) is 0 Å². The molecule has 5 aliphatic rings. The van der Waals surface area contributed by atoms with Crippen LogP contribution in [0.2, 0.25) is 0 Å². The molecule has 0 saturated heterocycles. The monoisotopic (exact) mass is 570 g/mol. The Morgan fingerprint density at radius 2 is 1.54 bits per heavy atom. The summed E-state index contributed by atoms with van der Waals surface area (Å²) in [6.07, 6.45) is 10.2. The molecule has 0 aromatic carbocycles. The number of rotatable bonds is 6. The van der Waals surface area contributed by atoms with Crippen LogP contribution in [-0.2, 0) is 23.9 Å². The van der Waals surface area contributed by atoms with E-state index in [1.165, 1.54) is 19.4 Å². The second-order valence-corrected chi connectivity index (χ2v) is 15.7. The standard InChI is InChI=1S/C35H54O6/c1-9-21(2)24-12-17-35(30(38)39)19-18-33(7)25(29(24)35)10-11-27-31(5)15-14-28(41-23(4)37)32(6,20-40-22(3)36)26(31)13-16-34(27,33)8/h24-29H,2,9-20H2,1,3-8H3,(H,38,39). The summed E-state index contributed by atoms with van der Waals surface area (Å²) in [5.41, 5.74) is 0.365. The molecule has 11 atom stereocenters. The van der Waals surface area contributed by atoms with Crippen molar-refractivity contribution < 1.29 is 29.0 Å². The van der Waals surface area contributed by atoms with Crippen molar-refractivity contribution in [3.63, 3.8) is 0 Å². The SMILES string of the molecule is C=C(CC)C1CCC2(C(=O)O)CCC3(C)C(CCC4C5(C)CCC(OC(C)=O)C(C)(COC(C)=O)C5CCC43C)C12. The quantitative estimate of drug-likeness (QED) is 0.261. The van der Waals surface area contributed by atoms with Crippen LogP contribution in [0.1, 0.15) is 119 Å². The Hall–Kier alpha value is -1.85. The highest BCUT2D eigenvalue weighted by atomic mass is 16.6. The zero-order valence-corrected chi connectivity index (χ0v) is 26.6. The lowest BCUT2D eigenvalue weighted by Crippen LogP contribution is -2.68. The maximum atomic E-state index is 13.0. The number of fused-ring (bicyclic) bond motifs is 7. The number of carbonyl (C=O) groups excluding carboxylic acids is 2. The summed E-state index contributed by atoms with van der Waals surface area (Å²) in [5.74, 6) is 0.464. The molecule has 0 amide bonds. The van der Waals surface area contributed by atoms with E-state index in [9.17, 15) is 19.5 Å². The van der Waals surface area contributed by atoms with Crippen molar-refractivity contribution in [2.24, 2.45) is 56.7 Å². The summed E-state index contributed by atoms with van der Waals surface area (Å²) in [5, 5.41) is 10.7. The van der Waals surface area contributed by atoms with Crippen molar-refractivity contribution in [2.45, 2.75) is 125 Å². The molecule has 0 heterocycles. The molecule has 5 fully saturated rings. The first-order chi connectivity index (χ1) is 19.1. The zero-order valence-electron chi connectivity index (χ0n) is 26.6. The largest absolute Gasteiger partial charge is 0.481 e. The van der Waals surface area contributed by atoms with Crippen LogP contribution in [0.4, 0.5) is 0 Å². The smallest absolute Gasteiger partial charge is 0.309 e. The van der Waals surface area contributed by atoms with Gasteiger partial charge in [0.2, 0.25) is 0 Å². The number of ether oxygens (including phenoxy) is 2. The van der Waals surface area contributed by atoms with E-state index in [0.717, 1.165) is 70.6 Å². The molecule has 41 heavy (non-hydrogen) atoms. The lowest BCUT2D eigenvalue weighted by atomic mass is 9.32. The zero-order chi connectivity index (χ0) is 30.2. The third-order valence-corrected chi connectivity index (χ3v) is 14.5. The summed E-state index contributed by atoms with van der Waals surface area (Å²) >= 11 is 0. The van der Waals surface area contributed by atoms with Gasteiger partial charge >= 0.3 is 17.9 Å². The Balaban J connectivity index is 1.53. The molecule has 0 bridgehead atoms. The number of hydrogen-bond acceptors (Lipinski definition) is 5. The Morgan fingerprint density at radius 1 is 0.829 bits per heavy atom. The molecule has 1 N–H and O–H groups in total. The first kappa shape index (κ1) is 30.6. The number of esters is 2. The van der Waals surface area contributed by atoms with Crippen molar-refractivity contribution in [1.29, 1.82) is 0 Å². The second kappa shape index (κ2) is 10.1. The van der Waals surface area contributed by atoms with Gasteiger partial charge in [-0.15, -0.1) is 0 Å². The number of carboxylic acids is 1. The molecule has 230 valence electrons. The number of allylic oxidation sites excluding steroid dienone is 1. The average Bonchev–Trinajstić information content (AvgIpc) is 3.30. The van der Waals surface area contributed by atoms with Crippen LogP contribution in [-0.4, -0.2) is 35.7 Å². The van der Waals surface area contributed by atoms with E-state index in [1.54, 1.807) is 0 Å². The topological polar surface area (TPSA) is 89.9 Å². The van der Waals surface area contributed by atoms with Crippen LogP contribution < -0.4 is 0 Å². The summed E-state index contributed by atoms with van der Waals surface area (Å²) in [6.45, 7) is 19.6. The highest BCUT2D eigenvalue weighted by Crippen LogP contribution is 2.77. The lowest BCUT2D eigenvalue weighted by molar-refractivity contribution is -0.257. The van der Waals surface area contributed by atoms with Gasteiger partial charge in [-0.2, -0.15) is 0 Å². The molecule has 5 saturated carbocycles. The first-order valence-electron chi connectivity index (χ1n) is 16.3. The van der Waals surface area contributed by atoms with Crippen LogP contribution in [0.5, 0.6) is 0 Å². The predicted molar refractivity (Wildman–Crippen MR) is 158 cm³/mol. The summed E-state index contributed by atoms with van der Waals surface area (Å²) < 4.78 is 11.6. The fourth-order valence-corrected chi connectivity index (χ4v) is 12.3. The Kier molecular flexibility index (Phi) is 7.55. The average molecular weight is 571 g/mol. The highest BCUT2D eigenvalue weighted by Gasteiger charge is 2.72. The van der Waals surface area contributed by atoms with Gasteiger partial charge in [0.25, 0.3) is 0 Å². The molecule has 6 heteroatoms. The van der Waals surface area contributed by atoms with E-state index >= 15 is 0 Å². The van der Waals surface area contributed by atoms with Gasteiger partial charge in [0.1, 0.15) is 12.7 Å². The van der Waals surface area contributed by atoms with Crippen molar-refractivity contribution in [1.82, 2.24) is 0 Å². The summed E-state index contributed by atoms with van der Waals surface area (Å²) in [4.78, 5) is 37.1. The Morgan fingerprint density at radius 3 is 2.15 bits per heavy atom. The van der Waals surface area contributed by atoms with Crippen molar-refractivity contribution in [3.8, 4) is 0 Å². The van der Waals surface area contributed by atoms with Crippen molar-refractivity contribution in [3.05, 3.63) is 12.2 Å². The Bertz CT molecular complexity index is 1110. The Labute approximate surface area is 247 Å². The lowest BCUT2D eigenvalue weighted by Gasteiger charge is -2.72. The molecule has 6 nitrogen and oxygen atoms in total. The molecule has 0 aromatic rings. The molecular formula is C35H54O6. The van der Waals surface area contributed by atoms with Gasteiger partial charge in [-0.05, 0) is 116 Å². The molecular weight excluding hydrogens is 516 g/mol. The third kappa shape index (κ3) is 4.18. The van der Waals surface area contributed by atoms with Crippen molar-refractivity contribution >= 4 is 17.9 Å². The maximum absolute atomic E-state index is 13.0. The van der Waals surface area contributed by atoms with Gasteiger partial charge in [0.05, 0.1) is 5.41 Å². The second-order valence-electron chi connectivity index (χ2n) is 15.7. The minimum absolute atomic E-state index is 0.0238. The van der Waals surface area contributed by atoms with E-state index in [2.05, 4.69) is 41.2 Å². The van der Waals surface area contributed by atoms with Crippen molar-refractivity contribution in [2.75, 3.05) is 6.61 Å². The number of carboxylic acid groups (broad SMARTS) is 1. The minimum Gasteiger partial charge on any atom is -0.481 e. The van der Waals surface area contributed by atoms with Gasteiger partial charge in [-0.1, -0.05) is 46.8 Å². The molecule has 0 aromatic heterocycles. The minimum atomic E-state index is -0.609. The number of aliphatic carboxylic acids is 1. The van der Waals surface area contributed by atoms with E-state index < -0.39 is 16.8 Å². The maximum Gasteiger partial charge on any atom is 0.309 e. The van der Waals surface area contributed by atoms with Gasteiger partial charge in [-0.3, -0.25) is 14.4 Å². The highest BCUT2D eigenvalue weighted by molar-refractivity contribution is 5.76. The molecule has 0 aliphatic heterocycles. The molecule has 5 rings (SSSR count). The van der Waals surface area contributed by atoms with Crippen LogP contribution >= 0.6 is 0 Å². The van der Waals surface area contributed by atoms with E-state index in [0.29, 0.717) is 17.8 Å². The third-order valence-electron chi connectivity index (χ3n) is 14.5. The number of hydrogen-bond donors (Lipinski definition) is 1. The molecule has 11 unspecified atom stereocenters.